The minimum atomic E-state index is -3.85. The zero-order valence-corrected chi connectivity index (χ0v) is 16.8. The zero-order chi connectivity index (χ0) is 21.0. The van der Waals surface area contributed by atoms with E-state index in [4.69, 9.17) is 0 Å². The number of nitrogens with zero attached hydrogens (tertiary/aromatic N) is 2. The molecule has 1 heterocycles. The van der Waals surface area contributed by atoms with E-state index in [0.29, 0.717) is 31.7 Å². The standard InChI is InChI=1S/C20H22FN3O4S/c1-15(25)16-2-8-19(9-3-16)29(27,28)22-14-20(26)24-12-10-23(11-13-24)18-6-4-17(21)5-7-18/h2-9,22H,10-14H2,1H3. The smallest absolute Gasteiger partial charge is 0.241 e. The van der Waals surface area contributed by atoms with E-state index in [9.17, 15) is 22.4 Å². The fourth-order valence-electron chi connectivity index (χ4n) is 3.09. The van der Waals surface area contributed by atoms with E-state index in [2.05, 4.69) is 4.72 Å². The second-order valence-electron chi connectivity index (χ2n) is 6.75. The van der Waals surface area contributed by atoms with Gasteiger partial charge in [0.2, 0.25) is 15.9 Å². The Balaban J connectivity index is 1.53. The summed E-state index contributed by atoms with van der Waals surface area (Å²) in [5, 5.41) is 0. The predicted molar refractivity (Wildman–Crippen MR) is 107 cm³/mol. The van der Waals surface area contributed by atoms with Crippen molar-refractivity contribution in [3.8, 4) is 0 Å². The van der Waals surface area contributed by atoms with Crippen LogP contribution in [0.1, 0.15) is 17.3 Å². The normalized spacial score (nSPS) is 14.7. The van der Waals surface area contributed by atoms with Crippen molar-refractivity contribution in [3.05, 3.63) is 59.9 Å². The maximum absolute atomic E-state index is 13.0. The van der Waals surface area contributed by atoms with E-state index in [-0.39, 0.29) is 28.9 Å². The fourth-order valence-corrected chi connectivity index (χ4v) is 4.06. The van der Waals surface area contributed by atoms with Crippen LogP contribution in [0.4, 0.5) is 10.1 Å². The van der Waals surface area contributed by atoms with Crippen molar-refractivity contribution < 1.29 is 22.4 Å². The van der Waals surface area contributed by atoms with E-state index in [1.807, 2.05) is 4.90 Å². The highest BCUT2D eigenvalue weighted by Gasteiger charge is 2.23. The van der Waals surface area contributed by atoms with Gasteiger partial charge in [-0.25, -0.2) is 17.5 Å². The van der Waals surface area contributed by atoms with Gasteiger partial charge in [0.05, 0.1) is 11.4 Å². The summed E-state index contributed by atoms with van der Waals surface area (Å²) in [7, 11) is -3.85. The molecule has 0 aliphatic carbocycles. The topological polar surface area (TPSA) is 86.8 Å². The number of hydrogen-bond donors (Lipinski definition) is 1. The van der Waals surface area contributed by atoms with Gasteiger partial charge in [-0.05, 0) is 43.3 Å². The second kappa shape index (κ2) is 8.71. The lowest BCUT2D eigenvalue weighted by atomic mass is 10.2. The number of nitrogens with one attached hydrogen (secondary N) is 1. The van der Waals surface area contributed by atoms with Gasteiger partial charge in [-0.3, -0.25) is 9.59 Å². The van der Waals surface area contributed by atoms with Crippen LogP contribution in [0.5, 0.6) is 0 Å². The van der Waals surface area contributed by atoms with Gasteiger partial charge in [0.15, 0.2) is 5.78 Å². The van der Waals surface area contributed by atoms with Gasteiger partial charge in [-0.15, -0.1) is 0 Å². The highest BCUT2D eigenvalue weighted by atomic mass is 32.2. The minimum absolute atomic E-state index is 0.00331. The van der Waals surface area contributed by atoms with E-state index in [0.717, 1.165) is 5.69 Å². The van der Waals surface area contributed by atoms with Crippen molar-refractivity contribution >= 4 is 27.4 Å². The summed E-state index contributed by atoms with van der Waals surface area (Å²) >= 11 is 0. The van der Waals surface area contributed by atoms with Crippen LogP contribution < -0.4 is 9.62 Å². The van der Waals surface area contributed by atoms with Crippen LogP contribution in [0.15, 0.2) is 53.4 Å². The summed E-state index contributed by atoms with van der Waals surface area (Å²) in [6.07, 6.45) is 0. The second-order valence-corrected chi connectivity index (χ2v) is 8.52. The number of rotatable bonds is 6. The summed E-state index contributed by atoms with van der Waals surface area (Å²) in [6.45, 7) is 3.12. The molecule has 1 amide bonds. The van der Waals surface area contributed by atoms with Gasteiger partial charge in [-0.2, -0.15) is 0 Å². The molecule has 0 atom stereocenters. The van der Waals surface area contributed by atoms with Gasteiger partial charge in [0, 0.05) is 37.4 Å². The molecule has 1 aliphatic rings. The van der Waals surface area contributed by atoms with Crippen LogP contribution in [0, 0.1) is 5.82 Å². The number of amides is 1. The first-order valence-corrected chi connectivity index (χ1v) is 10.6. The Bertz CT molecular complexity index is 983. The number of anilines is 1. The predicted octanol–water partition coefficient (Wildman–Crippen LogP) is 1.66. The van der Waals surface area contributed by atoms with E-state index in [1.165, 1.54) is 43.3 Å². The zero-order valence-electron chi connectivity index (χ0n) is 16.0. The lowest BCUT2D eigenvalue weighted by Crippen LogP contribution is -2.51. The third kappa shape index (κ3) is 5.18. The number of ketones is 1. The van der Waals surface area contributed by atoms with Crippen molar-refractivity contribution in [2.75, 3.05) is 37.6 Å². The lowest BCUT2D eigenvalue weighted by Gasteiger charge is -2.36. The molecule has 2 aromatic carbocycles. The van der Waals surface area contributed by atoms with Crippen LogP contribution in [-0.4, -0.2) is 57.7 Å². The number of halogens is 1. The summed E-state index contributed by atoms with van der Waals surface area (Å²) in [6, 6.07) is 11.7. The third-order valence-corrected chi connectivity index (χ3v) is 6.23. The first-order valence-electron chi connectivity index (χ1n) is 9.15. The van der Waals surface area contributed by atoms with Crippen molar-refractivity contribution in [3.63, 3.8) is 0 Å². The Labute approximate surface area is 169 Å². The Morgan fingerprint density at radius 3 is 2.10 bits per heavy atom. The van der Waals surface area contributed by atoms with Gasteiger partial charge >= 0.3 is 0 Å². The number of sulfonamides is 1. The molecule has 0 bridgehead atoms. The molecule has 1 fully saturated rings. The molecule has 0 unspecified atom stereocenters. The molecule has 154 valence electrons. The Morgan fingerprint density at radius 1 is 0.966 bits per heavy atom. The maximum Gasteiger partial charge on any atom is 0.241 e. The Morgan fingerprint density at radius 2 is 1.55 bits per heavy atom. The molecular weight excluding hydrogens is 397 g/mol. The quantitative estimate of drug-likeness (QED) is 0.720. The van der Waals surface area contributed by atoms with Crippen LogP contribution in [-0.2, 0) is 14.8 Å². The van der Waals surface area contributed by atoms with Crippen molar-refractivity contribution in [1.29, 1.82) is 0 Å². The number of hydrogen-bond acceptors (Lipinski definition) is 5. The molecule has 7 nitrogen and oxygen atoms in total. The molecule has 9 heteroatoms. The van der Waals surface area contributed by atoms with Crippen LogP contribution in [0.3, 0.4) is 0 Å². The number of carbonyl (C=O) groups is 2. The fraction of sp³-hybridized carbons (Fsp3) is 0.300. The average molecular weight is 419 g/mol. The van der Waals surface area contributed by atoms with Gasteiger partial charge < -0.3 is 9.80 Å². The highest BCUT2D eigenvalue weighted by molar-refractivity contribution is 7.89. The number of carbonyl (C=O) groups excluding carboxylic acids is 2. The monoisotopic (exact) mass is 419 g/mol. The Hall–Kier alpha value is -2.78. The molecule has 0 radical (unpaired) electrons. The molecule has 29 heavy (non-hydrogen) atoms. The highest BCUT2D eigenvalue weighted by Crippen LogP contribution is 2.17. The Kier molecular flexibility index (Phi) is 6.29. The molecule has 1 saturated heterocycles. The third-order valence-electron chi connectivity index (χ3n) is 4.81. The summed E-state index contributed by atoms with van der Waals surface area (Å²) in [5.74, 6) is -0.768. The molecule has 0 spiro atoms. The molecule has 1 N–H and O–H groups in total. The van der Waals surface area contributed by atoms with Crippen molar-refractivity contribution in [1.82, 2.24) is 9.62 Å². The molecule has 0 saturated carbocycles. The summed E-state index contributed by atoms with van der Waals surface area (Å²) < 4.78 is 40.1. The minimum Gasteiger partial charge on any atom is -0.368 e. The van der Waals surface area contributed by atoms with E-state index < -0.39 is 10.0 Å². The van der Waals surface area contributed by atoms with Gasteiger partial charge in [-0.1, -0.05) is 12.1 Å². The van der Waals surface area contributed by atoms with Gasteiger partial charge in [0.25, 0.3) is 0 Å². The molecule has 1 aliphatic heterocycles. The number of benzene rings is 2. The lowest BCUT2D eigenvalue weighted by molar-refractivity contribution is -0.130. The maximum atomic E-state index is 13.0. The van der Waals surface area contributed by atoms with Crippen molar-refractivity contribution in [2.45, 2.75) is 11.8 Å². The SMILES string of the molecule is CC(=O)c1ccc(S(=O)(=O)NCC(=O)N2CCN(c3ccc(F)cc3)CC2)cc1. The average Bonchev–Trinajstić information content (AvgIpc) is 2.73. The van der Waals surface area contributed by atoms with Crippen LogP contribution >= 0.6 is 0 Å². The van der Waals surface area contributed by atoms with Crippen LogP contribution in [0.25, 0.3) is 0 Å². The van der Waals surface area contributed by atoms with E-state index >= 15 is 0 Å². The molecule has 2 aromatic rings. The largest absolute Gasteiger partial charge is 0.368 e. The first kappa shape index (κ1) is 20.9. The van der Waals surface area contributed by atoms with Crippen LogP contribution in [0.2, 0.25) is 0 Å². The molecular formula is C20H22FN3O4S. The van der Waals surface area contributed by atoms with E-state index in [1.54, 1.807) is 17.0 Å². The number of Topliss-reactive ketones (excluding diaryl/α,β-unsaturated/α-hetero) is 1. The summed E-state index contributed by atoms with van der Waals surface area (Å²) in [4.78, 5) is 27.3. The molecule has 3 rings (SSSR count). The summed E-state index contributed by atoms with van der Waals surface area (Å²) in [5.41, 5.74) is 1.30. The van der Waals surface area contributed by atoms with Gasteiger partial charge in [0.1, 0.15) is 5.82 Å². The molecule has 0 aromatic heterocycles. The van der Waals surface area contributed by atoms with Crippen molar-refractivity contribution in [2.24, 2.45) is 0 Å². The first-order chi connectivity index (χ1) is 13.8. The number of piperazine rings is 1.